The Balaban J connectivity index is 1.75. The molecule has 0 saturated carbocycles. The van der Waals surface area contributed by atoms with Gasteiger partial charge in [-0.25, -0.2) is 14.8 Å². The molecule has 3 rings (SSSR count). The zero-order valence-corrected chi connectivity index (χ0v) is 15.7. The first-order chi connectivity index (χ1) is 11.3. The molecule has 0 unspecified atom stereocenters. The number of ether oxygens (including phenoxy) is 1. The van der Waals surface area contributed by atoms with Crippen LogP contribution in [-0.2, 0) is 4.74 Å². The largest absolute Gasteiger partial charge is 0.444 e. The van der Waals surface area contributed by atoms with E-state index in [1.165, 1.54) is 10.4 Å². The van der Waals surface area contributed by atoms with E-state index in [4.69, 9.17) is 4.74 Å². The van der Waals surface area contributed by atoms with E-state index in [1.54, 1.807) is 22.6 Å². The molecule has 1 amide bonds. The van der Waals surface area contributed by atoms with Crippen molar-refractivity contribution in [2.45, 2.75) is 40.2 Å². The molecule has 0 spiro atoms. The van der Waals surface area contributed by atoms with Gasteiger partial charge in [0.1, 0.15) is 22.6 Å². The standard InChI is InChI=1S/C17H24N4O2S/c1-11-12(2)24-15-13(11)14(18-10-19-15)20-6-8-21(9-7-20)16(22)23-17(3,4)5/h10H,6-9H2,1-5H3. The minimum absolute atomic E-state index is 0.238. The molecule has 1 saturated heterocycles. The number of fused-ring (bicyclic) bond motifs is 1. The van der Waals surface area contributed by atoms with Crippen molar-refractivity contribution in [2.24, 2.45) is 0 Å². The summed E-state index contributed by atoms with van der Waals surface area (Å²) in [5.41, 5.74) is 0.790. The number of aromatic nitrogens is 2. The first-order valence-corrected chi connectivity index (χ1v) is 9.01. The number of hydrogen-bond donors (Lipinski definition) is 0. The first-order valence-electron chi connectivity index (χ1n) is 8.20. The fourth-order valence-electron chi connectivity index (χ4n) is 2.83. The quantitative estimate of drug-likeness (QED) is 0.791. The molecule has 1 fully saturated rings. The smallest absolute Gasteiger partial charge is 0.410 e. The third-order valence-electron chi connectivity index (χ3n) is 4.18. The minimum Gasteiger partial charge on any atom is -0.444 e. The molecule has 24 heavy (non-hydrogen) atoms. The zero-order chi connectivity index (χ0) is 17.5. The highest BCUT2D eigenvalue weighted by molar-refractivity contribution is 7.18. The van der Waals surface area contributed by atoms with Crippen LogP contribution in [0.25, 0.3) is 10.2 Å². The van der Waals surface area contributed by atoms with Crippen LogP contribution in [0, 0.1) is 13.8 Å². The number of carbonyl (C=O) groups excluding carboxylic acids is 1. The number of carbonyl (C=O) groups is 1. The highest BCUT2D eigenvalue weighted by Gasteiger charge is 2.27. The number of anilines is 1. The Morgan fingerprint density at radius 2 is 1.83 bits per heavy atom. The van der Waals surface area contributed by atoms with E-state index in [9.17, 15) is 4.79 Å². The second-order valence-electron chi connectivity index (χ2n) is 7.12. The molecule has 3 heterocycles. The average Bonchev–Trinajstić information content (AvgIpc) is 2.81. The lowest BCUT2D eigenvalue weighted by atomic mass is 10.2. The molecule has 0 aliphatic carbocycles. The molecule has 6 nitrogen and oxygen atoms in total. The van der Waals surface area contributed by atoms with E-state index in [0.29, 0.717) is 13.1 Å². The molecule has 1 aliphatic rings. The Labute approximate surface area is 146 Å². The third-order valence-corrected chi connectivity index (χ3v) is 5.29. The Morgan fingerprint density at radius 3 is 2.46 bits per heavy atom. The van der Waals surface area contributed by atoms with Gasteiger partial charge in [0, 0.05) is 31.1 Å². The lowest BCUT2D eigenvalue weighted by Crippen LogP contribution is -2.50. The van der Waals surface area contributed by atoms with Gasteiger partial charge in [-0.05, 0) is 40.2 Å². The maximum Gasteiger partial charge on any atom is 0.410 e. The first kappa shape index (κ1) is 17.0. The van der Waals surface area contributed by atoms with Crippen LogP contribution in [0.15, 0.2) is 6.33 Å². The van der Waals surface area contributed by atoms with E-state index in [2.05, 4.69) is 28.7 Å². The van der Waals surface area contributed by atoms with Crippen molar-refractivity contribution in [3.63, 3.8) is 0 Å². The van der Waals surface area contributed by atoms with Gasteiger partial charge in [-0.1, -0.05) is 0 Å². The van der Waals surface area contributed by atoms with E-state index in [-0.39, 0.29) is 6.09 Å². The molecule has 0 atom stereocenters. The van der Waals surface area contributed by atoms with E-state index in [0.717, 1.165) is 29.1 Å². The van der Waals surface area contributed by atoms with Crippen LogP contribution in [-0.4, -0.2) is 52.7 Å². The lowest BCUT2D eigenvalue weighted by molar-refractivity contribution is 0.0240. The Bertz CT molecular complexity index is 758. The molecule has 2 aromatic rings. The van der Waals surface area contributed by atoms with Crippen molar-refractivity contribution in [3.05, 3.63) is 16.8 Å². The van der Waals surface area contributed by atoms with Crippen molar-refractivity contribution in [1.29, 1.82) is 0 Å². The average molecular weight is 348 g/mol. The van der Waals surface area contributed by atoms with Crippen LogP contribution in [0.2, 0.25) is 0 Å². The van der Waals surface area contributed by atoms with Gasteiger partial charge in [-0.2, -0.15) is 0 Å². The lowest BCUT2D eigenvalue weighted by Gasteiger charge is -2.36. The van der Waals surface area contributed by atoms with Crippen molar-refractivity contribution < 1.29 is 9.53 Å². The SMILES string of the molecule is Cc1sc2ncnc(N3CCN(C(=O)OC(C)(C)C)CC3)c2c1C. The topological polar surface area (TPSA) is 58.6 Å². The maximum atomic E-state index is 12.2. The van der Waals surface area contributed by atoms with E-state index in [1.807, 2.05) is 20.8 Å². The normalized spacial score (nSPS) is 15.9. The Hall–Kier alpha value is -1.89. The van der Waals surface area contributed by atoms with Crippen molar-refractivity contribution >= 4 is 33.5 Å². The van der Waals surface area contributed by atoms with E-state index < -0.39 is 5.60 Å². The summed E-state index contributed by atoms with van der Waals surface area (Å²) in [6, 6.07) is 0. The van der Waals surface area contributed by atoms with Crippen LogP contribution in [0.5, 0.6) is 0 Å². The van der Waals surface area contributed by atoms with Gasteiger partial charge in [0.05, 0.1) is 5.39 Å². The third kappa shape index (κ3) is 3.31. The highest BCUT2D eigenvalue weighted by Crippen LogP contribution is 2.34. The van der Waals surface area contributed by atoms with Gasteiger partial charge in [0.15, 0.2) is 0 Å². The molecular formula is C17H24N4O2S. The van der Waals surface area contributed by atoms with Crippen molar-refractivity contribution in [2.75, 3.05) is 31.1 Å². The minimum atomic E-state index is -0.460. The summed E-state index contributed by atoms with van der Waals surface area (Å²) in [5.74, 6) is 0.977. The molecule has 130 valence electrons. The van der Waals surface area contributed by atoms with Gasteiger partial charge in [-0.15, -0.1) is 11.3 Å². The van der Waals surface area contributed by atoms with Crippen LogP contribution < -0.4 is 4.90 Å². The van der Waals surface area contributed by atoms with E-state index >= 15 is 0 Å². The predicted molar refractivity (Wildman–Crippen MR) is 96.9 cm³/mol. The summed E-state index contributed by atoms with van der Waals surface area (Å²) >= 11 is 1.71. The fourth-order valence-corrected chi connectivity index (χ4v) is 3.82. The number of aryl methyl sites for hydroxylation is 2. The second-order valence-corrected chi connectivity index (χ2v) is 8.32. The molecule has 1 aliphatic heterocycles. The molecule has 0 N–H and O–H groups in total. The van der Waals surface area contributed by atoms with Crippen LogP contribution in [0.1, 0.15) is 31.2 Å². The van der Waals surface area contributed by atoms with Gasteiger partial charge in [0.25, 0.3) is 0 Å². The van der Waals surface area contributed by atoms with Gasteiger partial charge in [-0.3, -0.25) is 0 Å². The number of thiophene rings is 1. The number of piperazine rings is 1. The second kappa shape index (κ2) is 6.20. The fraction of sp³-hybridized carbons (Fsp3) is 0.588. The summed E-state index contributed by atoms with van der Waals surface area (Å²) in [4.78, 5) is 27.4. The molecule has 0 radical (unpaired) electrons. The van der Waals surface area contributed by atoms with Crippen molar-refractivity contribution in [3.8, 4) is 0 Å². The summed E-state index contributed by atoms with van der Waals surface area (Å²) in [6.45, 7) is 12.7. The predicted octanol–water partition coefficient (Wildman–Crippen LogP) is 3.37. The number of hydrogen-bond acceptors (Lipinski definition) is 6. The van der Waals surface area contributed by atoms with Crippen LogP contribution in [0.3, 0.4) is 0 Å². The maximum absolute atomic E-state index is 12.2. The Kier molecular flexibility index (Phi) is 4.38. The van der Waals surface area contributed by atoms with Crippen LogP contribution >= 0.6 is 11.3 Å². The number of nitrogens with zero attached hydrogens (tertiary/aromatic N) is 4. The van der Waals surface area contributed by atoms with Crippen LogP contribution in [0.4, 0.5) is 10.6 Å². The van der Waals surface area contributed by atoms with Gasteiger partial charge >= 0.3 is 6.09 Å². The summed E-state index contributed by atoms with van der Waals surface area (Å²) in [7, 11) is 0. The van der Waals surface area contributed by atoms with Gasteiger partial charge in [0.2, 0.25) is 0 Å². The van der Waals surface area contributed by atoms with Crippen molar-refractivity contribution in [1.82, 2.24) is 14.9 Å². The molecule has 7 heteroatoms. The zero-order valence-electron chi connectivity index (χ0n) is 14.9. The molecule has 0 aromatic carbocycles. The van der Waals surface area contributed by atoms with Gasteiger partial charge < -0.3 is 14.5 Å². The monoisotopic (exact) mass is 348 g/mol. The summed E-state index contributed by atoms with van der Waals surface area (Å²) in [6.07, 6.45) is 1.39. The number of rotatable bonds is 1. The molecule has 0 bridgehead atoms. The Morgan fingerprint density at radius 1 is 1.17 bits per heavy atom. The molecule has 2 aromatic heterocycles. The summed E-state index contributed by atoms with van der Waals surface area (Å²) in [5, 5.41) is 1.14. The number of amides is 1. The highest BCUT2D eigenvalue weighted by atomic mass is 32.1. The molecular weight excluding hydrogens is 324 g/mol. The summed E-state index contributed by atoms with van der Waals surface area (Å²) < 4.78 is 5.46.